The maximum Gasteiger partial charge on any atom is 0.338 e. The lowest BCUT2D eigenvalue weighted by atomic mass is 9.98. The summed E-state index contributed by atoms with van der Waals surface area (Å²) in [5, 5.41) is 0. The maximum absolute atomic E-state index is 11.9. The van der Waals surface area contributed by atoms with Gasteiger partial charge in [0, 0.05) is 12.4 Å². The van der Waals surface area contributed by atoms with Crippen LogP contribution < -0.4 is 4.84 Å². The molecule has 0 saturated heterocycles. The molecule has 0 aliphatic heterocycles. The number of rotatable bonds is 2. The largest absolute Gasteiger partial charge is 0.338 e. The van der Waals surface area contributed by atoms with Crippen molar-refractivity contribution in [1.29, 1.82) is 0 Å². The Morgan fingerprint density at radius 3 is 2.58 bits per heavy atom. The second-order valence-corrected chi connectivity index (χ2v) is 5.39. The Labute approximate surface area is 112 Å². The van der Waals surface area contributed by atoms with Crippen molar-refractivity contribution >= 4 is 5.97 Å². The van der Waals surface area contributed by atoms with Gasteiger partial charge >= 0.3 is 5.97 Å². The Kier molecular flexibility index (Phi) is 3.38. The average Bonchev–Trinajstić information content (AvgIpc) is 2.77. The fourth-order valence-corrected chi connectivity index (χ4v) is 1.40. The van der Waals surface area contributed by atoms with Gasteiger partial charge < -0.3 is 4.84 Å². The van der Waals surface area contributed by atoms with E-state index in [1.807, 2.05) is 33.8 Å². The summed E-state index contributed by atoms with van der Waals surface area (Å²) in [6, 6.07) is 3.63. The number of carbonyl (C=O) groups is 1. The zero-order valence-electron chi connectivity index (χ0n) is 11.5. The van der Waals surface area contributed by atoms with Crippen LogP contribution in [-0.4, -0.2) is 20.7 Å². The minimum absolute atomic E-state index is 0.301. The molecular formula is C14H17N3O2. The first-order chi connectivity index (χ1) is 8.88. The van der Waals surface area contributed by atoms with E-state index in [1.165, 1.54) is 4.73 Å². The van der Waals surface area contributed by atoms with Crippen molar-refractivity contribution in [3.8, 4) is 11.4 Å². The molecule has 2 aromatic heterocycles. The van der Waals surface area contributed by atoms with Crippen molar-refractivity contribution in [3.63, 3.8) is 0 Å². The lowest BCUT2D eigenvalue weighted by Crippen LogP contribution is -2.31. The highest BCUT2D eigenvalue weighted by molar-refractivity contribution is 5.76. The SMILES string of the molecule is Cc1cnc(-c2cccn2OC(=O)C(C)(C)C)cn1. The van der Waals surface area contributed by atoms with Gasteiger partial charge in [0.25, 0.3) is 0 Å². The van der Waals surface area contributed by atoms with Gasteiger partial charge in [-0.3, -0.25) is 9.97 Å². The second kappa shape index (κ2) is 4.84. The monoisotopic (exact) mass is 259 g/mol. The fourth-order valence-electron chi connectivity index (χ4n) is 1.40. The Hall–Kier alpha value is -2.17. The van der Waals surface area contributed by atoms with Gasteiger partial charge in [0.05, 0.1) is 17.3 Å². The Bertz CT molecular complexity index is 579. The third-order valence-electron chi connectivity index (χ3n) is 2.55. The fraction of sp³-hybridized carbons (Fsp3) is 0.357. The molecule has 2 aromatic rings. The summed E-state index contributed by atoms with van der Waals surface area (Å²) in [7, 11) is 0. The molecule has 0 atom stereocenters. The number of hydrogen-bond acceptors (Lipinski definition) is 4. The van der Waals surface area contributed by atoms with Crippen LogP contribution in [0.5, 0.6) is 0 Å². The van der Waals surface area contributed by atoms with Crippen LogP contribution in [0.3, 0.4) is 0 Å². The number of aryl methyl sites for hydroxylation is 1. The zero-order chi connectivity index (χ0) is 14.0. The lowest BCUT2D eigenvalue weighted by Gasteiger charge is -2.17. The molecule has 0 N–H and O–H groups in total. The molecule has 2 heterocycles. The van der Waals surface area contributed by atoms with Gasteiger partial charge in [0.1, 0.15) is 11.4 Å². The average molecular weight is 259 g/mol. The van der Waals surface area contributed by atoms with Crippen LogP contribution in [0, 0.1) is 12.3 Å². The predicted octanol–water partition coefficient (Wildman–Crippen LogP) is 2.25. The minimum Gasteiger partial charge on any atom is -0.336 e. The molecule has 0 spiro atoms. The molecule has 0 aromatic carbocycles. The third-order valence-corrected chi connectivity index (χ3v) is 2.55. The zero-order valence-corrected chi connectivity index (χ0v) is 11.5. The molecule has 5 nitrogen and oxygen atoms in total. The number of hydrogen-bond donors (Lipinski definition) is 0. The molecule has 100 valence electrons. The summed E-state index contributed by atoms with van der Waals surface area (Å²) >= 11 is 0. The van der Waals surface area contributed by atoms with Crippen LogP contribution in [0.4, 0.5) is 0 Å². The van der Waals surface area contributed by atoms with E-state index in [0.717, 1.165) is 5.69 Å². The van der Waals surface area contributed by atoms with Crippen LogP contribution in [0.15, 0.2) is 30.7 Å². The Morgan fingerprint density at radius 1 is 1.26 bits per heavy atom. The van der Waals surface area contributed by atoms with Gasteiger partial charge in [-0.25, -0.2) is 4.79 Å². The molecule has 0 unspecified atom stereocenters. The quantitative estimate of drug-likeness (QED) is 0.830. The summed E-state index contributed by atoms with van der Waals surface area (Å²) in [5.74, 6) is -0.301. The van der Waals surface area contributed by atoms with Gasteiger partial charge in [-0.15, -0.1) is 0 Å². The van der Waals surface area contributed by atoms with E-state index in [1.54, 1.807) is 24.7 Å². The van der Waals surface area contributed by atoms with E-state index in [4.69, 9.17) is 4.84 Å². The van der Waals surface area contributed by atoms with Crippen LogP contribution in [0.1, 0.15) is 26.5 Å². The van der Waals surface area contributed by atoms with Gasteiger partial charge in [-0.1, -0.05) is 0 Å². The summed E-state index contributed by atoms with van der Waals surface area (Å²) < 4.78 is 1.42. The molecule has 0 amide bonds. The Morgan fingerprint density at radius 2 is 2.00 bits per heavy atom. The van der Waals surface area contributed by atoms with Crippen LogP contribution in [-0.2, 0) is 4.79 Å². The van der Waals surface area contributed by atoms with E-state index >= 15 is 0 Å². The van der Waals surface area contributed by atoms with Crippen molar-refractivity contribution in [3.05, 3.63) is 36.4 Å². The first kappa shape index (κ1) is 13.3. The van der Waals surface area contributed by atoms with E-state index in [-0.39, 0.29) is 5.97 Å². The topological polar surface area (TPSA) is 57.0 Å². The molecule has 0 saturated carbocycles. The van der Waals surface area contributed by atoms with Gasteiger partial charge in [0.15, 0.2) is 0 Å². The van der Waals surface area contributed by atoms with Gasteiger partial charge in [0.2, 0.25) is 0 Å². The van der Waals surface area contributed by atoms with Crippen molar-refractivity contribution < 1.29 is 9.63 Å². The van der Waals surface area contributed by atoms with E-state index in [9.17, 15) is 4.79 Å². The molecular weight excluding hydrogens is 242 g/mol. The molecule has 0 bridgehead atoms. The smallest absolute Gasteiger partial charge is 0.336 e. The molecule has 0 fully saturated rings. The predicted molar refractivity (Wildman–Crippen MR) is 71.2 cm³/mol. The molecule has 5 heteroatoms. The number of aromatic nitrogens is 3. The Balaban J connectivity index is 2.28. The highest BCUT2D eigenvalue weighted by Crippen LogP contribution is 2.18. The van der Waals surface area contributed by atoms with E-state index in [0.29, 0.717) is 11.4 Å². The van der Waals surface area contributed by atoms with Crippen LogP contribution in [0.2, 0.25) is 0 Å². The van der Waals surface area contributed by atoms with Crippen molar-refractivity contribution in [2.75, 3.05) is 0 Å². The first-order valence-electron chi connectivity index (χ1n) is 6.07. The van der Waals surface area contributed by atoms with Crippen molar-refractivity contribution in [2.24, 2.45) is 5.41 Å². The molecule has 2 rings (SSSR count). The number of carbonyl (C=O) groups excluding carboxylic acids is 1. The highest BCUT2D eigenvalue weighted by atomic mass is 16.7. The van der Waals surface area contributed by atoms with Crippen LogP contribution in [0.25, 0.3) is 11.4 Å². The molecule has 19 heavy (non-hydrogen) atoms. The van der Waals surface area contributed by atoms with Gasteiger partial charge in [-0.2, -0.15) is 4.73 Å². The first-order valence-corrected chi connectivity index (χ1v) is 6.07. The summed E-state index contributed by atoms with van der Waals surface area (Å²) in [6.07, 6.45) is 5.02. The minimum atomic E-state index is -0.555. The second-order valence-electron chi connectivity index (χ2n) is 5.39. The molecule has 0 radical (unpaired) electrons. The van der Waals surface area contributed by atoms with Crippen molar-refractivity contribution in [1.82, 2.24) is 14.7 Å². The van der Waals surface area contributed by atoms with Crippen LogP contribution >= 0.6 is 0 Å². The molecule has 0 aliphatic rings. The standard InChI is InChI=1S/C14H17N3O2/c1-10-8-16-11(9-15-10)12-6-5-7-17(12)19-13(18)14(2,3)4/h5-9H,1-4H3. The lowest BCUT2D eigenvalue weighted by molar-refractivity contribution is -0.153. The van der Waals surface area contributed by atoms with E-state index < -0.39 is 5.41 Å². The van der Waals surface area contributed by atoms with Gasteiger partial charge in [-0.05, 0) is 39.8 Å². The molecule has 0 aliphatic carbocycles. The third kappa shape index (κ3) is 2.99. The number of nitrogens with zero attached hydrogens (tertiary/aromatic N) is 3. The van der Waals surface area contributed by atoms with Crippen molar-refractivity contribution in [2.45, 2.75) is 27.7 Å². The summed E-state index contributed by atoms with van der Waals surface area (Å²) in [4.78, 5) is 25.7. The normalized spacial score (nSPS) is 11.4. The highest BCUT2D eigenvalue weighted by Gasteiger charge is 2.25. The summed E-state index contributed by atoms with van der Waals surface area (Å²) in [5.41, 5.74) is 1.65. The van der Waals surface area contributed by atoms with E-state index in [2.05, 4.69) is 9.97 Å². The summed E-state index contributed by atoms with van der Waals surface area (Å²) in [6.45, 7) is 7.30. The maximum atomic E-state index is 11.9.